The molecule has 0 aromatic carbocycles. The normalized spacial score (nSPS) is 28.2. The minimum atomic E-state index is -4.15. The van der Waals surface area contributed by atoms with Crippen LogP contribution in [0.15, 0.2) is 44.8 Å². The van der Waals surface area contributed by atoms with Crippen LogP contribution in [0.5, 0.6) is 5.75 Å². The first-order chi connectivity index (χ1) is 20.9. The van der Waals surface area contributed by atoms with Gasteiger partial charge < -0.3 is 36.2 Å². The van der Waals surface area contributed by atoms with Gasteiger partial charge in [-0.2, -0.15) is 23.7 Å². The molecule has 44 heavy (non-hydrogen) atoms. The van der Waals surface area contributed by atoms with Crippen LogP contribution < -0.4 is 42.4 Å². The maximum atomic E-state index is 15.9. The van der Waals surface area contributed by atoms with Crippen molar-refractivity contribution in [2.75, 3.05) is 24.0 Å². The summed E-state index contributed by atoms with van der Waals surface area (Å²) in [5, 5.41) is 9.10. The second kappa shape index (κ2) is 10.5. The summed E-state index contributed by atoms with van der Waals surface area (Å²) in [6.45, 7) is -0.239. The summed E-state index contributed by atoms with van der Waals surface area (Å²) in [6, 6.07) is 0. The summed E-state index contributed by atoms with van der Waals surface area (Å²) < 4.78 is 51.0. The van der Waals surface area contributed by atoms with Crippen molar-refractivity contribution in [1.82, 2.24) is 35.5 Å². The molecule has 3 atom stereocenters. The third-order valence-electron chi connectivity index (χ3n) is 6.58. The van der Waals surface area contributed by atoms with Crippen LogP contribution in [0.25, 0.3) is 17.0 Å². The Morgan fingerprint density at radius 3 is 2.82 bits per heavy atom. The van der Waals surface area contributed by atoms with E-state index in [1.807, 2.05) is 0 Å². The number of aromatic nitrogens is 4. The molecule has 4 aliphatic heterocycles. The van der Waals surface area contributed by atoms with Crippen molar-refractivity contribution in [1.29, 1.82) is 0 Å². The van der Waals surface area contributed by atoms with Gasteiger partial charge >= 0.3 is 14.3 Å². The standard InChI is InChI=1S/C20H22FN10O9P2S2/c21-10-13-9(38-19(10)30-5-26-11-14(22)24-4-25-15(11)30)3-36-41(33,43)39-8-1-7(2-35-42(34,44)40-13)37-18(8)31-6-27-12-16(31)28-20(23)29-17(12)32/h2,6,15,24-26,33-34,43-44H,1,3-5,22H2,(H2-,23,28,29,32)/q+1/p+1/b7-2+. The molecule has 1 fully saturated rings. The molecule has 0 saturated carbocycles. The summed E-state index contributed by atoms with van der Waals surface area (Å²) >= 11 is 8.26. The molecule has 0 aliphatic carbocycles. The van der Waals surface area contributed by atoms with Gasteiger partial charge in [-0.25, -0.2) is 9.55 Å². The number of anilines is 2. The van der Waals surface area contributed by atoms with Crippen LogP contribution >= 0.6 is 38.8 Å². The first kappa shape index (κ1) is 29.1. The van der Waals surface area contributed by atoms with Crippen molar-refractivity contribution < 1.29 is 41.4 Å². The van der Waals surface area contributed by atoms with Crippen LogP contribution in [-0.4, -0.2) is 48.8 Å². The third kappa shape index (κ3) is 5.12. The Labute approximate surface area is 256 Å². The van der Waals surface area contributed by atoms with Crippen LogP contribution in [-0.2, 0) is 24.9 Å². The fourth-order valence-electron chi connectivity index (χ4n) is 4.72. The maximum absolute atomic E-state index is 15.9. The molecule has 2 bridgehead atoms. The van der Waals surface area contributed by atoms with Gasteiger partial charge in [-0.3, -0.25) is 28.7 Å². The Balaban J connectivity index is 1.25. The van der Waals surface area contributed by atoms with E-state index >= 15 is 4.39 Å². The molecule has 234 valence electrons. The first-order valence-corrected chi connectivity index (χ1v) is 17.9. The molecule has 4 aliphatic rings. The summed E-state index contributed by atoms with van der Waals surface area (Å²) in [5.74, 6) is -2.12. The van der Waals surface area contributed by atoms with E-state index in [1.165, 1.54) is 15.8 Å². The Bertz CT molecular complexity index is 1840. The highest BCUT2D eigenvalue weighted by Crippen LogP contribution is 2.67. The van der Waals surface area contributed by atoms with Gasteiger partial charge in [0, 0.05) is 0 Å². The van der Waals surface area contributed by atoms with Crippen molar-refractivity contribution in [3.05, 3.63) is 57.6 Å². The molecular weight excluding hydrogens is 669 g/mol. The van der Waals surface area contributed by atoms with E-state index in [4.69, 9.17) is 38.7 Å². The predicted octanol–water partition coefficient (Wildman–Crippen LogP) is 0.635. The number of aromatic amines is 1. The zero-order valence-corrected chi connectivity index (χ0v) is 25.5. The minimum Gasteiger partial charge on any atom is -0.437 e. The highest BCUT2D eigenvalue weighted by Gasteiger charge is 2.49. The van der Waals surface area contributed by atoms with E-state index in [9.17, 15) is 14.6 Å². The summed E-state index contributed by atoms with van der Waals surface area (Å²) in [5.41, 5.74) is 11.6. The van der Waals surface area contributed by atoms with E-state index in [1.54, 1.807) is 0 Å². The van der Waals surface area contributed by atoms with E-state index in [-0.39, 0.29) is 59.2 Å². The Morgan fingerprint density at radius 1 is 1.18 bits per heavy atom. The number of nitrogens with one attached hydrogen (secondary N) is 4. The van der Waals surface area contributed by atoms with Crippen LogP contribution in [0.2, 0.25) is 0 Å². The monoisotopic (exact) mass is 692 g/mol. The molecule has 0 amide bonds. The molecule has 3 aromatic heterocycles. The van der Waals surface area contributed by atoms with Crippen molar-refractivity contribution >= 4 is 67.7 Å². The lowest BCUT2D eigenvalue weighted by molar-refractivity contribution is 0.199. The van der Waals surface area contributed by atoms with Crippen LogP contribution in [0.1, 0.15) is 12.2 Å². The summed E-state index contributed by atoms with van der Waals surface area (Å²) in [7, 11) is -8.20. The van der Waals surface area contributed by atoms with Crippen LogP contribution in [0.3, 0.4) is 0 Å². The number of ether oxygens (including phenoxy) is 1. The van der Waals surface area contributed by atoms with Crippen LogP contribution in [0, 0.1) is 5.82 Å². The quantitative estimate of drug-likeness (QED) is 0.131. The number of furan rings is 1. The zero-order chi connectivity index (χ0) is 31.0. The van der Waals surface area contributed by atoms with Gasteiger partial charge in [0.05, 0.1) is 25.5 Å². The topological polar surface area (TPSA) is 255 Å². The van der Waals surface area contributed by atoms with Crippen LogP contribution in [0.4, 0.5) is 16.2 Å². The summed E-state index contributed by atoms with van der Waals surface area (Å²) in [4.78, 5) is 46.2. The lowest BCUT2D eigenvalue weighted by atomic mass is 10.3. The highest BCUT2D eigenvalue weighted by molar-refractivity contribution is 8.47. The maximum Gasteiger partial charge on any atom is 0.563 e. The van der Waals surface area contributed by atoms with Gasteiger partial charge in [0.1, 0.15) is 42.8 Å². The molecule has 19 nitrogen and oxygen atoms in total. The van der Waals surface area contributed by atoms with Crippen molar-refractivity contribution in [2.45, 2.75) is 19.2 Å². The molecule has 7 rings (SSSR count). The van der Waals surface area contributed by atoms with Gasteiger partial charge in [0.25, 0.3) is 17.2 Å². The fraction of sp³-hybridized carbons (Fsp3) is 0.250. The number of H-pyrrole nitrogens is 1. The zero-order valence-electron chi connectivity index (χ0n) is 21.9. The molecule has 7 heterocycles. The van der Waals surface area contributed by atoms with Crippen molar-refractivity contribution in [3.8, 4) is 5.75 Å². The van der Waals surface area contributed by atoms with Gasteiger partial charge in [-0.15, -0.1) is 0 Å². The average molecular weight is 693 g/mol. The second-order valence-corrected chi connectivity index (χ2v) is 15.3. The number of imidazole rings is 1. The number of rotatable bonds is 2. The Hall–Kier alpha value is -3.62. The first-order valence-electron chi connectivity index (χ1n) is 12.4. The number of thiol groups is 2. The number of hydrogen-bond acceptors (Lipinski definition) is 19. The second-order valence-electron chi connectivity index (χ2n) is 9.44. The van der Waals surface area contributed by atoms with Gasteiger partial charge in [-0.05, 0) is 0 Å². The number of halogens is 1. The smallest absolute Gasteiger partial charge is 0.437 e. The van der Waals surface area contributed by atoms with Gasteiger partial charge in [0.2, 0.25) is 23.4 Å². The number of nitrogens with two attached hydrogens (primary N) is 2. The molecular formula is C20H23FN10O9P2S2+2. The van der Waals surface area contributed by atoms with Gasteiger partial charge in [0.15, 0.2) is 35.6 Å². The molecule has 1 saturated heterocycles. The summed E-state index contributed by atoms with van der Waals surface area (Å²) in [6.07, 6.45) is 1.45. The molecule has 0 radical (unpaired) electrons. The SMILES string of the molecule is NC1=C2NCN(c3oc4c(c3F)O[P+](O)(S)O/C=C3\CC(=C(n5cnc6c(=O)[nH]c(N)nc65)O3)O[P+](O)(S)OC4)C2NCN1. The molecule has 0 spiro atoms. The third-order valence-corrected chi connectivity index (χ3v) is 9.42. The lowest BCUT2D eigenvalue weighted by Gasteiger charge is -2.28. The van der Waals surface area contributed by atoms with E-state index in [2.05, 4.69) is 55.4 Å². The largest absolute Gasteiger partial charge is 0.563 e. The number of nitrogen functional groups attached to an aromatic ring is 1. The lowest BCUT2D eigenvalue weighted by Crippen LogP contribution is -2.51. The molecule has 24 heteroatoms. The number of fused-ring (bicyclic) bond motifs is 5. The number of nitrogens with zero attached hydrogens (tertiary/aromatic N) is 4. The van der Waals surface area contributed by atoms with Crippen molar-refractivity contribution in [3.63, 3.8) is 0 Å². The average Bonchev–Trinajstić information content (AvgIpc) is 3.72. The van der Waals surface area contributed by atoms with Gasteiger partial charge in [-0.1, -0.05) is 0 Å². The Morgan fingerprint density at radius 2 is 2.00 bits per heavy atom. The molecule has 3 unspecified atom stereocenters. The van der Waals surface area contributed by atoms with Crippen molar-refractivity contribution in [2.24, 2.45) is 5.73 Å². The van der Waals surface area contributed by atoms with E-state index in [0.29, 0.717) is 18.2 Å². The fourth-order valence-corrected chi connectivity index (χ4v) is 7.06. The molecule has 10 N–H and O–H groups in total. The molecule has 3 aromatic rings. The predicted molar refractivity (Wildman–Crippen MR) is 159 cm³/mol. The highest BCUT2D eigenvalue weighted by atomic mass is 32.7. The number of hydrogen-bond donors (Lipinski definition) is 10. The Kier molecular flexibility index (Phi) is 6.94. The van der Waals surface area contributed by atoms with E-state index in [0.717, 1.165) is 6.26 Å². The minimum absolute atomic E-state index is 0.0109. The van der Waals surface area contributed by atoms with E-state index < -0.39 is 44.2 Å².